The van der Waals surface area contributed by atoms with Gasteiger partial charge in [-0.25, -0.2) is 33.1 Å². The van der Waals surface area contributed by atoms with Crippen LogP contribution in [0.2, 0.25) is 0 Å². The summed E-state index contributed by atoms with van der Waals surface area (Å²) in [5, 5.41) is 15.0. The van der Waals surface area contributed by atoms with Gasteiger partial charge in [0.05, 0.1) is 35.7 Å². The van der Waals surface area contributed by atoms with Gasteiger partial charge in [0.2, 0.25) is 11.8 Å². The van der Waals surface area contributed by atoms with E-state index in [1.807, 2.05) is 0 Å². The molecule has 204 valence electrons. The molecule has 0 amide bonds. The Morgan fingerprint density at radius 2 is 2.05 bits per heavy atom. The van der Waals surface area contributed by atoms with Gasteiger partial charge in [0, 0.05) is 31.6 Å². The fourth-order valence-electron chi connectivity index (χ4n) is 5.10. The van der Waals surface area contributed by atoms with Gasteiger partial charge in [0.1, 0.15) is 29.5 Å². The predicted molar refractivity (Wildman–Crippen MR) is 135 cm³/mol. The van der Waals surface area contributed by atoms with Gasteiger partial charge in [-0.1, -0.05) is 0 Å². The maximum Gasteiger partial charge on any atom is 0.265 e. The lowest BCUT2D eigenvalue weighted by atomic mass is 9.84. The third kappa shape index (κ3) is 4.23. The molecule has 1 aliphatic rings. The number of benzene rings is 1. The monoisotopic (exact) mass is 542 g/mol. The van der Waals surface area contributed by atoms with E-state index < -0.39 is 23.9 Å². The highest BCUT2D eigenvalue weighted by atomic mass is 19.3. The number of imidazole rings is 1. The molecule has 1 aliphatic heterocycles. The van der Waals surface area contributed by atoms with Crippen LogP contribution in [0, 0.1) is 5.82 Å². The Hall–Kier alpha value is -4.24. The van der Waals surface area contributed by atoms with Crippen LogP contribution < -0.4 is 16.4 Å². The second kappa shape index (κ2) is 9.20. The molecule has 6 rings (SSSR count). The predicted octanol–water partition coefficient (Wildman–Crippen LogP) is 2.06. The number of anilines is 2. The first-order chi connectivity index (χ1) is 18.6. The average molecular weight is 543 g/mol. The van der Waals surface area contributed by atoms with Crippen LogP contribution in [0.1, 0.15) is 18.5 Å². The van der Waals surface area contributed by atoms with E-state index in [-0.39, 0.29) is 42.7 Å². The molecule has 1 saturated heterocycles. The van der Waals surface area contributed by atoms with Gasteiger partial charge in [-0.3, -0.25) is 4.68 Å². The fourth-order valence-corrected chi connectivity index (χ4v) is 5.10. The highest BCUT2D eigenvalue weighted by molar-refractivity contribution is 5.84. The number of piperidine rings is 1. The Labute approximate surface area is 219 Å². The lowest BCUT2D eigenvalue weighted by Gasteiger charge is -2.42. The minimum atomic E-state index is -3.01. The standard InChI is InChI=1S/C24H25F3N10O2/c1-35-16-6-14(25)13(5-12(16)7-33-35)22-34-15(8-37-11-32-17-20(28)30-10-31-21(17)37)23(39-22)36-4-2-3-24(29,9-36)18(38)19(26)27/h5-7,10-11,18-19,38H,2-4,8-9,29H2,1H3,(H2,28,30,31)/t18-,24-/m1/s1. The van der Waals surface area contributed by atoms with E-state index in [0.717, 1.165) is 0 Å². The number of hydrogen-bond acceptors (Lipinski definition) is 10. The Morgan fingerprint density at radius 1 is 1.23 bits per heavy atom. The van der Waals surface area contributed by atoms with Crippen molar-refractivity contribution < 1.29 is 22.7 Å². The van der Waals surface area contributed by atoms with E-state index in [2.05, 4.69) is 25.0 Å². The topological polar surface area (TPSA) is 163 Å². The van der Waals surface area contributed by atoms with Crippen LogP contribution in [0.5, 0.6) is 0 Å². The average Bonchev–Trinajstić information content (AvgIpc) is 3.62. The van der Waals surface area contributed by atoms with E-state index in [4.69, 9.17) is 15.9 Å². The summed E-state index contributed by atoms with van der Waals surface area (Å²) in [6, 6.07) is 2.93. The van der Waals surface area contributed by atoms with Crippen LogP contribution in [0.4, 0.5) is 24.9 Å². The number of aryl methyl sites for hydroxylation is 1. The number of aliphatic hydroxyl groups excluding tert-OH is 1. The number of rotatable bonds is 6. The molecule has 12 nitrogen and oxygen atoms in total. The molecular formula is C24H25F3N10O2. The molecule has 5 aromatic rings. The normalized spacial score (nSPS) is 19.0. The molecular weight excluding hydrogens is 517 g/mol. The molecule has 5 heterocycles. The summed E-state index contributed by atoms with van der Waals surface area (Å²) in [5.41, 5.74) is 12.5. The number of aromatic nitrogens is 7. The van der Waals surface area contributed by atoms with E-state index in [1.54, 1.807) is 33.5 Å². The van der Waals surface area contributed by atoms with Crippen LogP contribution in [0.15, 0.2) is 35.4 Å². The van der Waals surface area contributed by atoms with Crippen molar-refractivity contribution in [3.63, 3.8) is 0 Å². The minimum absolute atomic E-state index is 0.00980. The maximum atomic E-state index is 15.3. The summed E-state index contributed by atoms with van der Waals surface area (Å²) >= 11 is 0. The Morgan fingerprint density at radius 3 is 2.85 bits per heavy atom. The van der Waals surface area contributed by atoms with Crippen LogP contribution in [-0.4, -0.2) is 70.5 Å². The molecule has 0 saturated carbocycles. The zero-order chi connectivity index (χ0) is 27.5. The summed E-state index contributed by atoms with van der Waals surface area (Å²) in [6.07, 6.45) is -0.00724. The van der Waals surface area contributed by atoms with Gasteiger partial charge in [0.15, 0.2) is 11.5 Å². The number of alkyl halides is 2. The van der Waals surface area contributed by atoms with Crippen molar-refractivity contribution in [1.82, 2.24) is 34.3 Å². The van der Waals surface area contributed by atoms with Crippen molar-refractivity contribution >= 4 is 33.8 Å². The molecule has 0 spiro atoms. The van der Waals surface area contributed by atoms with Crippen LogP contribution in [0.3, 0.4) is 0 Å². The Kier molecular flexibility index (Phi) is 5.91. The quantitative estimate of drug-likeness (QED) is 0.289. The van der Waals surface area contributed by atoms with E-state index >= 15 is 4.39 Å². The minimum Gasteiger partial charge on any atom is -0.420 e. The molecule has 4 aromatic heterocycles. The molecule has 1 aromatic carbocycles. The van der Waals surface area contributed by atoms with Crippen molar-refractivity contribution in [1.29, 1.82) is 0 Å². The molecule has 1 fully saturated rings. The van der Waals surface area contributed by atoms with Gasteiger partial charge in [-0.05, 0) is 18.9 Å². The highest BCUT2D eigenvalue weighted by Gasteiger charge is 2.44. The summed E-state index contributed by atoms with van der Waals surface area (Å²) in [6.45, 7) is 0.374. The third-order valence-corrected chi connectivity index (χ3v) is 7.16. The maximum absolute atomic E-state index is 15.3. The second-order valence-corrected chi connectivity index (χ2v) is 9.77. The van der Waals surface area contributed by atoms with Crippen LogP contribution in [-0.2, 0) is 13.6 Å². The lowest BCUT2D eigenvalue weighted by molar-refractivity contribution is -0.0531. The third-order valence-electron chi connectivity index (χ3n) is 7.16. The molecule has 0 unspecified atom stereocenters. The number of nitrogens with two attached hydrogens (primary N) is 2. The number of aliphatic hydroxyl groups is 1. The zero-order valence-electron chi connectivity index (χ0n) is 20.8. The second-order valence-electron chi connectivity index (χ2n) is 9.77. The number of oxazole rings is 1. The molecule has 0 radical (unpaired) electrons. The number of halogens is 3. The fraction of sp³-hybridized carbons (Fsp3) is 0.375. The summed E-state index contributed by atoms with van der Waals surface area (Å²) in [4.78, 5) is 18.7. The first-order valence-electron chi connectivity index (χ1n) is 12.2. The van der Waals surface area contributed by atoms with Gasteiger partial charge in [0.25, 0.3) is 6.43 Å². The molecule has 0 aliphatic carbocycles. The van der Waals surface area contributed by atoms with Crippen molar-refractivity contribution in [2.75, 3.05) is 23.7 Å². The first-order valence-corrected chi connectivity index (χ1v) is 12.2. The Bertz CT molecular complexity index is 1680. The smallest absolute Gasteiger partial charge is 0.265 e. The van der Waals surface area contributed by atoms with Gasteiger partial charge < -0.3 is 30.5 Å². The molecule has 15 heteroatoms. The highest BCUT2D eigenvalue weighted by Crippen LogP contribution is 2.36. The zero-order valence-corrected chi connectivity index (χ0v) is 20.8. The van der Waals surface area contributed by atoms with Crippen LogP contribution in [0.25, 0.3) is 33.5 Å². The SMILES string of the molecule is Cn1ncc2cc(-c3nc(Cn4cnc5c(N)ncnc54)c(N4CCC[C@](N)([C@H](O)C(F)F)C4)o3)c(F)cc21. The summed E-state index contributed by atoms with van der Waals surface area (Å²) in [5.74, 6) is -0.157. The largest absolute Gasteiger partial charge is 0.420 e. The van der Waals surface area contributed by atoms with Crippen molar-refractivity contribution in [2.45, 2.75) is 37.5 Å². The summed E-state index contributed by atoms with van der Waals surface area (Å²) in [7, 11) is 1.71. The van der Waals surface area contributed by atoms with Gasteiger partial charge in [-0.2, -0.15) is 5.10 Å². The number of nitrogen functional groups attached to an aromatic ring is 1. The van der Waals surface area contributed by atoms with E-state index in [1.165, 1.54) is 18.7 Å². The van der Waals surface area contributed by atoms with E-state index in [9.17, 15) is 13.9 Å². The van der Waals surface area contributed by atoms with Crippen molar-refractivity contribution in [2.24, 2.45) is 12.8 Å². The number of hydrogen-bond donors (Lipinski definition) is 3. The number of fused-ring (bicyclic) bond motifs is 2. The number of nitrogens with zero attached hydrogens (tertiary/aromatic N) is 8. The van der Waals surface area contributed by atoms with Crippen molar-refractivity contribution in [3.8, 4) is 11.5 Å². The summed E-state index contributed by atoms with van der Waals surface area (Å²) < 4.78 is 51.5. The molecule has 5 N–H and O–H groups in total. The lowest BCUT2D eigenvalue weighted by Crippen LogP contribution is -2.63. The van der Waals surface area contributed by atoms with E-state index in [0.29, 0.717) is 40.7 Å². The molecule has 2 atom stereocenters. The molecule has 0 bridgehead atoms. The first kappa shape index (κ1) is 25.1. The Balaban J connectivity index is 1.45. The van der Waals surface area contributed by atoms with Crippen LogP contribution >= 0.6 is 0 Å². The van der Waals surface area contributed by atoms with Gasteiger partial charge >= 0.3 is 0 Å². The van der Waals surface area contributed by atoms with Crippen molar-refractivity contribution in [3.05, 3.63) is 42.5 Å². The molecule has 39 heavy (non-hydrogen) atoms. The van der Waals surface area contributed by atoms with Gasteiger partial charge in [-0.15, -0.1) is 0 Å².